The van der Waals surface area contributed by atoms with Crippen molar-refractivity contribution < 1.29 is 13.0 Å². The average Bonchev–Trinajstić information content (AvgIpc) is 2.57. The molecule has 7 heteroatoms. The maximum absolute atomic E-state index is 8.65. The van der Waals surface area contributed by atoms with Crippen LogP contribution in [0.4, 0.5) is 0 Å². The van der Waals surface area contributed by atoms with Crippen LogP contribution in [0.5, 0.6) is 11.5 Å². The summed E-state index contributed by atoms with van der Waals surface area (Å²) in [5.41, 5.74) is 0. The van der Waals surface area contributed by atoms with Crippen molar-refractivity contribution in [3.05, 3.63) is 60.7 Å². The minimum Gasteiger partial charge on any atom is -0.422 e. The van der Waals surface area contributed by atoms with Gasteiger partial charge >= 0.3 is 7.57 Å². The minimum atomic E-state index is -2.97. The number of nitrogens with zero attached hydrogens (tertiary/aromatic N) is 1. The summed E-state index contributed by atoms with van der Waals surface area (Å²) in [6.07, 6.45) is 0. The molecule has 0 bridgehead atoms. The second-order valence-electron chi connectivity index (χ2n) is 4.10. The van der Waals surface area contributed by atoms with E-state index in [2.05, 4.69) is 18.2 Å². The molecule has 0 heterocycles. The molecule has 0 unspecified atom stereocenters. The van der Waals surface area contributed by atoms with E-state index in [9.17, 15) is 0 Å². The first-order valence-corrected chi connectivity index (χ1v) is 8.41. The molecule has 0 aliphatic rings. The van der Waals surface area contributed by atoms with Crippen LogP contribution in [-0.4, -0.2) is 12.5 Å². The predicted molar refractivity (Wildman–Crippen MR) is 90.8 cm³/mol. The lowest BCUT2D eigenvalue weighted by Crippen LogP contribution is -2.16. The third-order valence-corrected chi connectivity index (χ3v) is 4.84. The normalized spacial score (nSPS) is 10.5. The standard InChI is InChI=1S/C15H15N2O3PS/c16-11-12-17-13-21(20-22,18-14-7-3-1-4-8-14)19-15-9-5-2-6-10-15/h1-10,13,17,22H,12H2. The molecule has 0 aliphatic carbocycles. The zero-order valence-corrected chi connectivity index (χ0v) is 13.4. The van der Waals surface area contributed by atoms with Gasteiger partial charge in [0.2, 0.25) is 0 Å². The lowest BCUT2D eigenvalue weighted by atomic mass is 10.3. The largest absolute Gasteiger partial charge is 0.422 e. The van der Waals surface area contributed by atoms with Crippen LogP contribution in [0.1, 0.15) is 0 Å². The summed E-state index contributed by atoms with van der Waals surface area (Å²) < 4.78 is 17.0. The third kappa shape index (κ3) is 4.83. The van der Waals surface area contributed by atoms with Gasteiger partial charge in [-0.05, 0) is 37.2 Å². The van der Waals surface area contributed by atoms with Gasteiger partial charge in [0.15, 0.2) is 0 Å². The van der Waals surface area contributed by atoms with Crippen LogP contribution in [-0.2, 0) is 3.97 Å². The Kier molecular flexibility index (Phi) is 6.38. The molecule has 0 spiro atoms. The second-order valence-corrected chi connectivity index (χ2v) is 6.45. The molecule has 0 aliphatic heterocycles. The van der Waals surface area contributed by atoms with Gasteiger partial charge < -0.3 is 9.05 Å². The SMILES string of the molecule is N#CCNC=P(OS)(Oc1ccccc1)Oc1ccccc1. The van der Waals surface area contributed by atoms with E-state index < -0.39 is 7.57 Å². The van der Waals surface area contributed by atoms with Crippen molar-refractivity contribution in [3.63, 3.8) is 0 Å². The first-order valence-electron chi connectivity index (χ1n) is 6.44. The highest BCUT2D eigenvalue weighted by molar-refractivity contribution is 7.83. The molecule has 0 radical (unpaired) electrons. The molecule has 1 N–H and O–H groups in total. The second kappa shape index (κ2) is 8.52. The monoisotopic (exact) mass is 334 g/mol. The Bertz CT molecular complexity index is 629. The number of benzene rings is 2. The highest BCUT2D eigenvalue weighted by Gasteiger charge is 2.24. The Hall–Kier alpha value is -1.90. The van der Waals surface area contributed by atoms with E-state index in [-0.39, 0.29) is 6.54 Å². The Balaban J connectivity index is 2.30. The predicted octanol–water partition coefficient (Wildman–Crippen LogP) is 3.64. The summed E-state index contributed by atoms with van der Waals surface area (Å²) in [5, 5.41) is 11.5. The molecule has 0 aromatic heterocycles. The van der Waals surface area contributed by atoms with Crippen molar-refractivity contribution in [1.29, 1.82) is 5.26 Å². The number of para-hydroxylation sites is 2. The molecule has 2 rings (SSSR count). The number of hydrogen-bond acceptors (Lipinski definition) is 5. The van der Waals surface area contributed by atoms with Crippen molar-refractivity contribution in [2.75, 3.05) is 6.54 Å². The molecule has 0 fully saturated rings. The Morgan fingerprint density at radius 2 is 1.50 bits per heavy atom. The molecule has 2 aromatic carbocycles. The fourth-order valence-corrected chi connectivity index (χ4v) is 3.33. The number of nitrogens with one attached hydrogen (secondary N) is 1. The van der Waals surface area contributed by atoms with Gasteiger partial charge in [-0.1, -0.05) is 36.4 Å². The van der Waals surface area contributed by atoms with Gasteiger partial charge in [0, 0.05) is 0 Å². The average molecular weight is 334 g/mol. The lowest BCUT2D eigenvalue weighted by molar-refractivity contribution is 0.405. The van der Waals surface area contributed by atoms with Crippen LogP contribution in [0.15, 0.2) is 60.7 Å². The zero-order valence-electron chi connectivity index (χ0n) is 11.6. The highest BCUT2D eigenvalue weighted by atomic mass is 32.1. The molecule has 5 nitrogen and oxygen atoms in total. The van der Waals surface area contributed by atoms with Crippen LogP contribution in [0.25, 0.3) is 0 Å². The first-order chi connectivity index (χ1) is 10.8. The Morgan fingerprint density at radius 3 is 1.91 bits per heavy atom. The molecule has 114 valence electrons. The van der Waals surface area contributed by atoms with Crippen LogP contribution in [0, 0.1) is 11.3 Å². The maximum atomic E-state index is 8.65. The van der Waals surface area contributed by atoms with E-state index in [4.69, 9.17) is 18.3 Å². The van der Waals surface area contributed by atoms with E-state index in [1.807, 2.05) is 42.5 Å². The number of thiol groups is 1. The van der Waals surface area contributed by atoms with Crippen molar-refractivity contribution in [2.24, 2.45) is 0 Å². The van der Waals surface area contributed by atoms with Gasteiger partial charge in [-0.3, -0.25) is 5.32 Å². The van der Waals surface area contributed by atoms with Crippen molar-refractivity contribution in [2.45, 2.75) is 0 Å². The molecular weight excluding hydrogens is 319 g/mol. The van der Waals surface area contributed by atoms with Crippen LogP contribution >= 0.6 is 20.5 Å². The van der Waals surface area contributed by atoms with E-state index in [0.29, 0.717) is 11.5 Å². The number of hydrogen-bond donors (Lipinski definition) is 2. The number of nitriles is 1. The van der Waals surface area contributed by atoms with Gasteiger partial charge in [-0.15, -0.1) is 0 Å². The smallest absolute Gasteiger partial charge is 0.385 e. The summed E-state index contributed by atoms with van der Waals surface area (Å²) in [6, 6.07) is 20.2. The lowest BCUT2D eigenvalue weighted by Gasteiger charge is -2.24. The Morgan fingerprint density at radius 1 is 1.00 bits per heavy atom. The van der Waals surface area contributed by atoms with Gasteiger partial charge in [0.1, 0.15) is 11.5 Å². The van der Waals surface area contributed by atoms with Crippen LogP contribution in [0.3, 0.4) is 0 Å². The zero-order chi connectivity index (χ0) is 15.7. The van der Waals surface area contributed by atoms with Crippen molar-refractivity contribution in [1.82, 2.24) is 5.32 Å². The fraction of sp³-hybridized carbons (Fsp3) is 0.0667. The topological polar surface area (TPSA) is 63.5 Å². The van der Waals surface area contributed by atoms with Crippen LogP contribution in [0.2, 0.25) is 0 Å². The number of rotatable bonds is 7. The van der Waals surface area contributed by atoms with Gasteiger partial charge in [0.25, 0.3) is 0 Å². The molecule has 0 atom stereocenters. The molecule has 0 amide bonds. The minimum absolute atomic E-state index is 0.106. The quantitative estimate of drug-likeness (QED) is 0.266. The van der Waals surface area contributed by atoms with E-state index in [0.717, 1.165) is 0 Å². The van der Waals surface area contributed by atoms with Gasteiger partial charge in [-0.2, -0.15) is 5.26 Å². The maximum Gasteiger partial charge on any atom is 0.385 e. The third-order valence-electron chi connectivity index (χ3n) is 2.50. The summed E-state index contributed by atoms with van der Waals surface area (Å²) in [6.45, 7) is 0.106. The summed E-state index contributed by atoms with van der Waals surface area (Å²) in [4.78, 5) is 0. The van der Waals surface area contributed by atoms with Gasteiger partial charge in [-0.25, -0.2) is 3.97 Å². The van der Waals surface area contributed by atoms with Crippen molar-refractivity contribution >= 4 is 26.4 Å². The van der Waals surface area contributed by atoms with Crippen molar-refractivity contribution in [3.8, 4) is 17.6 Å². The molecule has 0 saturated heterocycles. The van der Waals surface area contributed by atoms with Crippen LogP contribution < -0.4 is 14.4 Å². The molecular formula is C15H15N2O3PS. The summed E-state index contributed by atoms with van der Waals surface area (Å²) in [7, 11) is -2.97. The fourth-order valence-electron chi connectivity index (χ4n) is 1.59. The molecule has 2 aromatic rings. The molecule has 0 saturated carbocycles. The van der Waals surface area contributed by atoms with E-state index in [1.54, 1.807) is 24.3 Å². The van der Waals surface area contributed by atoms with E-state index in [1.165, 1.54) is 5.92 Å². The van der Waals surface area contributed by atoms with E-state index >= 15 is 0 Å². The first kappa shape index (κ1) is 16.5. The summed E-state index contributed by atoms with van der Waals surface area (Å²) >= 11 is 3.91. The summed E-state index contributed by atoms with van der Waals surface area (Å²) in [5.74, 6) is 2.66. The Labute approximate surface area is 135 Å². The van der Waals surface area contributed by atoms with Gasteiger partial charge in [0.05, 0.1) is 18.5 Å². The highest BCUT2D eigenvalue weighted by Crippen LogP contribution is 2.51. The molecule has 22 heavy (non-hydrogen) atoms.